The Balaban J connectivity index is 1.82. The van der Waals surface area contributed by atoms with Crippen LogP contribution in [0.25, 0.3) is 0 Å². The molecule has 26 heavy (non-hydrogen) atoms. The van der Waals surface area contributed by atoms with Gasteiger partial charge in [-0.2, -0.15) is 0 Å². The molecule has 0 saturated carbocycles. The quantitative estimate of drug-likeness (QED) is 0.689. The summed E-state index contributed by atoms with van der Waals surface area (Å²) in [5.74, 6) is -0.185. The zero-order valence-corrected chi connectivity index (χ0v) is 14.9. The zero-order chi connectivity index (χ0) is 18.4. The summed E-state index contributed by atoms with van der Waals surface area (Å²) in [6.45, 7) is 2.31. The highest BCUT2D eigenvalue weighted by Crippen LogP contribution is 2.22. The van der Waals surface area contributed by atoms with Gasteiger partial charge in [0.05, 0.1) is 23.4 Å². The average Bonchev–Trinajstić information content (AvgIpc) is 3.16. The Morgan fingerprint density at radius 3 is 2.42 bits per heavy atom. The lowest BCUT2D eigenvalue weighted by Gasteiger charge is -2.13. The van der Waals surface area contributed by atoms with E-state index in [2.05, 4.69) is 15.6 Å². The van der Waals surface area contributed by atoms with Crippen LogP contribution in [0, 0.1) is 0 Å². The van der Waals surface area contributed by atoms with Gasteiger partial charge in [0.15, 0.2) is 5.13 Å². The number of carbonyl (C=O) groups excluding carboxylic acids is 2. The van der Waals surface area contributed by atoms with Crippen LogP contribution in [-0.2, 0) is 0 Å². The Bertz CT molecular complexity index is 910. The maximum Gasteiger partial charge on any atom is 0.259 e. The summed E-state index contributed by atoms with van der Waals surface area (Å²) in [5, 5.41) is 7.77. The van der Waals surface area contributed by atoms with Crippen LogP contribution < -0.4 is 15.4 Å². The molecule has 3 aromatic rings. The lowest BCUT2D eigenvalue weighted by molar-refractivity contribution is 0.102. The smallest absolute Gasteiger partial charge is 0.259 e. The molecular formula is C19H17N3O3S. The van der Waals surface area contributed by atoms with Crippen molar-refractivity contribution >= 4 is 34.0 Å². The van der Waals surface area contributed by atoms with E-state index < -0.39 is 0 Å². The average molecular weight is 367 g/mol. The molecule has 0 aliphatic carbocycles. The predicted molar refractivity (Wildman–Crippen MR) is 102 cm³/mol. The molecule has 2 amide bonds. The van der Waals surface area contributed by atoms with Gasteiger partial charge in [-0.15, -0.1) is 11.3 Å². The molecule has 1 heterocycles. The maximum absolute atomic E-state index is 12.7. The summed E-state index contributed by atoms with van der Waals surface area (Å²) in [6, 6.07) is 13.8. The van der Waals surface area contributed by atoms with Crippen LogP contribution in [0.3, 0.4) is 0 Å². The normalized spacial score (nSPS) is 10.2. The van der Waals surface area contributed by atoms with Crippen molar-refractivity contribution in [2.24, 2.45) is 0 Å². The number of nitrogens with zero attached hydrogens (tertiary/aromatic N) is 1. The Morgan fingerprint density at radius 1 is 1.00 bits per heavy atom. The van der Waals surface area contributed by atoms with Crippen LogP contribution in [0.4, 0.5) is 10.8 Å². The van der Waals surface area contributed by atoms with Crippen LogP contribution in [-0.4, -0.2) is 23.4 Å². The van der Waals surface area contributed by atoms with E-state index in [9.17, 15) is 9.59 Å². The lowest BCUT2D eigenvalue weighted by Crippen LogP contribution is -2.18. The molecule has 6 nitrogen and oxygen atoms in total. The first-order valence-electron chi connectivity index (χ1n) is 8.02. The molecule has 1 aromatic heterocycles. The highest BCUT2D eigenvalue weighted by molar-refractivity contribution is 7.13. The number of para-hydroxylation sites is 2. The number of rotatable bonds is 6. The SMILES string of the molecule is CCOc1ccccc1C(=O)Nc1ccccc1C(=O)Nc1nccs1. The van der Waals surface area contributed by atoms with Crippen molar-refractivity contribution in [1.29, 1.82) is 0 Å². The summed E-state index contributed by atoms with van der Waals surface area (Å²) in [5.41, 5.74) is 1.17. The second-order valence-electron chi connectivity index (χ2n) is 5.22. The second-order valence-corrected chi connectivity index (χ2v) is 6.11. The molecular weight excluding hydrogens is 350 g/mol. The van der Waals surface area contributed by atoms with Gasteiger partial charge in [0.1, 0.15) is 5.75 Å². The number of ether oxygens (including phenoxy) is 1. The summed E-state index contributed by atoms with van der Waals surface area (Å²) in [6.07, 6.45) is 1.61. The molecule has 0 radical (unpaired) electrons. The van der Waals surface area contributed by atoms with Gasteiger partial charge in [-0.05, 0) is 31.2 Å². The summed E-state index contributed by atoms with van der Waals surface area (Å²) in [7, 11) is 0. The molecule has 2 N–H and O–H groups in total. The monoisotopic (exact) mass is 367 g/mol. The summed E-state index contributed by atoms with van der Waals surface area (Å²) < 4.78 is 5.50. The van der Waals surface area contributed by atoms with E-state index in [0.29, 0.717) is 34.3 Å². The molecule has 0 aliphatic rings. The Morgan fingerprint density at radius 2 is 1.69 bits per heavy atom. The fraction of sp³-hybridized carbons (Fsp3) is 0.105. The number of amides is 2. The number of carbonyl (C=O) groups is 2. The van der Waals surface area contributed by atoms with Gasteiger partial charge in [-0.3, -0.25) is 14.9 Å². The molecule has 0 unspecified atom stereocenters. The molecule has 0 atom stereocenters. The Kier molecular flexibility index (Phi) is 5.60. The Hall–Kier alpha value is -3.19. The molecule has 7 heteroatoms. The van der Waals surface area contributed by atoms with Crippen molar-refractivity contribution < 1.29 is 14.3 Å². The first-order valence-corrected chi connectivity index (χ1v) is 8.90. The van der Waals surface area contributed by atoms with Gasteiger partial charge in [-0.1, -0.05) is 24.3 Å². The fourth-order valence-electron chi connectivity index (χ4n) is 2.36. The molecule has 2 aromatic carbocycles. The summed E-state index contributed by atoms with van der Waals surface area (Å²) >= 11 is 1.32. The molecule has 132 valence electrons. The largest absolute Gasteiger partial charge is 0.493 e. The first-order chi connectivity index (χ1) is 12.7. The van der Waals surface area contributed by atoms with Crippen molar-refractivity contribution in [2.75, 3.05) is 17.2 Å². The van der Waals surface area contributed by atoms with Gasteiger partial charge in [0.2, 0.25) is 0 Å². The topological polar surface area (TPSA) is 80.3 Å². The maximum atomic E-state index is 12.7. The van der Waals surface area contributed by atoms with Gasteiger partial charge in [0, 0.05) is 11.6 Å². The Labute approximate surface area is 154 Å². The fourth-order valence-corrected chi connectivity index (χ4v) is 2.89. The standard InChI is InChI=1S/C19H17N3O3S/c1-2-25-16-10-6-4-8-14(16)18(24)21-15-9-5-3-7-13(15)17(23)22-19-20-11-12-26-19/h3-12H,2H2,1H3,(H,21,24)(H,20,22,23). The molecule has 3 rings (SSSR count). The minimum Gasteiger partial charge on any atom is -0.493 e. The van der Waals surface area contributed by atoms with Crippen LogP contribution in [0.2, 0.25) is 0 Å². The van der Waals surface area contributed by atoms with E-state index in [1.54, 1.807) is 60.1 Å². The second kappa shape index (κ2) is 8.26. The van der Waals surface area contributed by atoms with Crippen molar-refractivity contribution in [3.63, 3.8) is 0 Å². The molecule has 0 saturated heterocycles. The van der Waals surface area contributed by atoms with Gasteiger partial charge < -0.3 is 10.1 Å². The van der Waals surface area contributed by atoms with Crippen LogP contribution in [0.5, 0.6) is 5.75 Å². The number of nitrogens with one attached hydrogen (secondary N) is 2. The van der Waals surface area contributed by atoms with Gasteiger partial charge in [0.25, 0.3) is 11.8 Å². The number of hydrogen-bond donors (Lipinski definition) is 2. The highest BCUT2D eigenvalue weighted by atomic mass is 32.1. The van der Waals surface area contributed by atoms with Crippen LogP contribution in [0.1, 0.15) is 27.6 Å². The lowest BCUT2D eigenvalue weighted by atomic mass is 10.1. The van der Waals surface area contributed by atoms with Crippen molar-refractivity contribution in [1.82, 2.24) is 4.98 Å². The third kappa shape index (κ3) is 4.07. The summed E-state index contributed by atoms with van der Waals surface area (Å²) in [4.78, 5) is 29.2. The molecule has 0 spiro atoms. The molecule has 0 aliphatic heterocycles. The third-order valence-corrected chi connectivity index (χ3v) is 4.19. The van der Waals surface area contributed by atoms with Crippen LogP contribution >= 0.6 is 11.3 Å². The minimum atomic E-state index is -0.344. The van der Waals surface area contributed by atoms with E-state index >= 15 is 0 Å². The highest BCUT2D eigenvalue weighted by Gasteiger charge is 2.17. The van der Waals surface area contributed by atoms with Crippen molar-refractivity contribution in [3.05, 3.63) is 71.2 Å². The van der Waals surface area contributed by atoms with E-state index in [1.165, 1.54) is 11.3 Å². The van der Waals surface area contributed by atoms with E-state index in [0.717, 1.165) is 0 Å². The predicted octanol–water partition coefficient (Wildman–Crippen LogP) is 4.05. The number of aromatic nitrogens is 1. The number of hydrogen-bond acceptors (Lipinski definition) is 5. The van der Waals surface area contributed by atoms with Gasteiger partial charge in [-0.25, -0.2) is 4.98 Å². The van der Waals surface area contributed by atoms with Crippen molar-refractivity contribution in [3.8, 4) is 5.75 Å². The number of anilines is 2. The minimum absolute atomic E-state index is 0.339. The van der Waals surface area contributed by atoms with E-state index in [4.69, 9.17) is 4.74 Å². The number of benzene rings is 2. The third-order valence-electron chi connectivity index (χ3n) is 3.50. The first kappa shape index (κ1) is 17.6. The van der Waals surface area contributed by atoms with Crippen LogP contribution in [0.15, 0.2) is 60.1 Å². The molecule has 0 bridgehead atoms. The van der Waals surface area contributed by atoms with E-state index in [1.807, 2.05) is 6.92 Å². The van der Waals surface area contributed by atoms with Crippen molar-refractivity contribution in [2.45, 2.75) is 6.92 Å². The molecule has 0 fully saturated rings. The number of thiazole rings is 1. The zero-order valence-electron chi connectivity index (χ0n) is 14.1. The van der Waals surface area contributed by atoms with Gasteiger partial charge >= 0.3 is 0 Å². The van der Waals surface area contributed by atoms with E-state index in [-0.39, 0.29) is 11.8 Å².